The number of thiol groups is 1. The molecule has 1 aliphatic rings. The highest BCUT2D eigenvalue weighted by molar-refractivity contribution is 7.84. The summed E-state index contributed by atoms with van der Waals surface area (Å²) < 4.78 is 0. The van der Waals surface area contributed by atoms with Crippen molar-refractivity contribution in [3.63, 3.8) is 0 Å². The van der Waals surface area contributed by atoms with Gasteiger partial charge in [-0.1, -0.05) is 17.7 Å². The Morgan fingerprint density at radius 1 is 1.38 bits per heavy atom. The molecule has 0 radical (unpaired) electrons. The molecule has 8 heavy (non-hydrogen) atoms. The SMILES string of the molecule is SC1=CC=C(Cl)CC1. The van der Waals surface area contributed by atoms with Crippen LogP contribution < -0.4 is 0 Å². The summed E-state index contributed by atoms with van der Waals surface area (Å²) in [6.45, 7) is 0. The molecule has 0 N–H and O–H groups in total. The van der Waals surface area contributed by atoms with Crippen LogP contribution in [-0.2, 0) is 0 Å². The van der Waals surface area contributed by atoms with E-state index in [9.17, 15) is 0 Å². The van der Waals surface area contributed by atoms with Gasteiger partial charge in [0.25, 0.3) is 0 Å². The largest absolute Gasteiger partial charge is 0.148 e. The van der Waals surface area contributed by atoms with E-state index in [1.54, 1.807) is 0 Å². The molecule has 0 unspecified atom stereocenters. The maximum absolute atomic E-state index is 5.66. The fourth-order valence-electron chi connectivity index (χ4n) is 0.601. The summed E-state index contributed by atoms with van der Waals surface area (Å²) in [5.41, 5.74) is 0. The van der Waals surface area contributed by atoms with Gasteiger partial charge in [0.1, 0.15) is 0 Å². The first-order valence-corrected chi connectivity index (χ1v) is 3.36. The number of allylic oxidation sites excluding steroid dienone is 4. The van der Waals surface area contributed by atoms with E-state index in [-0.39, 0.29) is 0 Å². The average molecular weight is 147 g/mol. The number of rotatable bonds is 0. The highest BCUT2D eigenvalue weighted by atomic mass is 35.5. The second kappa shape index (κ2) is 2.60. The molecule has 0 bridgehead atoms. The summed E-state index contributed by atoms with van der Waals surface area (Å²) in [6, 6.07) is 0. The van der Waals surface area contributed by atoms with E-state index in [0.717, 1.165) is 22.8 Å². The standard InChI is InChI=1S/C6H7ClS/c7-5-1-3-6(8)4-2-5/h1,3,8H,2,4H2. The van der Waals surface area contributed by atoms with Gasteiger partial charge in [-0.2, -0.15) is 0 Å². The first-order chi connectivity index (χ1) is 3.79. The monoisotopic (exact) mass is 146 g/mol. The summed E-state index contributed by atoms with van der Waals surface area (Å²) in [5, 5.41) is 0.933. The molecule has 2 heteroatoms. The first kappa shape index (κ1) is 6.24. The molecular weight excluding hydrogens is 140 g/mol. The van der Waals surface area contributed by atoms with E-state index in [2.05, 4.69) is 12.6 Å². The van der Waals surface area contributed by atoms with Crippen LogP contribution in [0.2, 0.25) is 0 Å². The van der Waals surface area contributed by atoms with Crippen molar-refractivity contribution in [1.82, 2.24) is 0 Å². The molecule has 0 aromatic heterocycles. The molecule has 0 fully saturated rings. The van der Waals surface area contributed by atoms with Crippen LogP contribution in [0.25, 0.3) is 0 Å². The lowest BCUT2D eigenvalue weighted by molar-refractivity contribution is 1.00. The molecule has 0 heterocycles. The molecular formula is C6H7ClS. The van der Waals surface area contributed by atoms with Gasteiger partial charge in [0.15, 0.2) is 0 Å². The van der Waals surface area contributed by atoms with Crippen LogP contribution in [0.5, 0.6) is 0 Å². The van der Waals surface area contributed by atoms with Gasteiger partial charge in [-0.3, -0.25) is 0 Å². The van der Waals surface area contributed by atoms with Crippen LogP contribution in [0, 0.1) is 0 Å². The van der Waals surface area contributed by atoms with Crippen molar-refractivity contribution in [3.05, 3.63) is 22.1 Å². The Bertz CT molecular complexity index is 129. The smallest absolute Gasteiger partial charge is 0.0184 e. The van der Waals surface area contributed by atoms with Gasteiger partial charge in [0, 0.05) is 5.03 Å². The van der Waals surface area contributed by atoms with Crippen molar-refractivity contribution in [2.75, 3.05) is 0 Å². The molecule has 0 saturated heterocycles. The fraction of sp³-hybridized carbons (Fsp3) is 0.333. The molecule has 0 saturated carbocycles. The second-order valence-electron chi connectivity index (χ2n) is 1.77. The predicted octanol–water partition coefficient (Wildman–Crippen LogP) is 2.72. The lowest BCUT2D eigenvalue weighted by Gasteiger charge is -2.02. The Kier molecular flexibility index (Phi) is 2.03. The van der Waals surface area contributed by atoms with Gasteiger partial charge >= 0.3 is 0 Å². The van der Waals surface area contributed by atoms with Crippen molar-refractivity contribution in [3.8, 4) is 0 Å². The van der Waals surface area contributed by atoms with E-state index in [4.69, 9.17) is 11.6 Å². The predicted molar refractivity (Wildman–Crippen MR) is 40.2 cm³/mol. The molecule has 0 spiro atoms. The van der Waals surface area contributed by atoms with Crippen molar-refractivity contribution >= 4 is 24.2 Å². The van der Waals surface area contributed by atoms with E-state index in [1.165, 1.54) is 0 Å². The van der Waals surface area contributed by atoms with Gasteiger partial charge < -0.3 is 0 Å². The normalized spacial score (nSPS) is 19.8. The Balaban J connectivity index is 2.65. The van der Waals surface area contributed by atoms with E-state index in [1.807, 2.05) is 12.2 Å². The molecule has 0 aliphatic heterocycles. The summed E-state index contributed by atoms with van der Waals surface area (Å²) in [4.78, 5) is 1.12. The van der Waals surface area contributed by atoms with Crippen LogP contribution in [0.15, 0.2) is 22.1 Å². The van der Waals surface area contributed by atoms with E-state index < -0.39 is 0 Å². The number of hydrogen-bond acceptors (Lipinski definition) is 1. The first-order valence-electron chi connectivity index (χ1n) is 2.53. The summed E-state index contributed by atoms with van der Waals surface area (Å²) in [6.07, 6.45) is 5.79. The molecule has 0 atom stereocenters. The zero-order valence-electron chi connectivity index (χ0n) is 4.39. The zero-order valence-corrected chi connectivity index (χ0v) is 6.04. The summed E-state index contributed by atoms with van der Waals surface area (Å²) in [7, 11) is 0. The van der Waals surface area contributed by atoms with Gasteiger partial charge in [0.05, 0.1) is 0 Å². The lowest BCUT2D eigenvalue weighted by atomic mass is 10.2. The highest BCUT2D eigenvalue weighted by Gasteiger charge is 1.98. The molecule has 44 valence electrons. The zero-order chi connectivity index (χ0) is 5.98. The van der Waals surface area contributed by atoms with Crippen molar-refractivity contribution in [1.29, 1.82) is 0 Å². The maximum atomic E-state index is 5.66. The average Bonchev–Trinajstić information content (AvgIpc) is 1.77. The van der Waals surface area contributed by atoms with Crippen LogP contribution in [0.1, 0.15) is 12.8 Å². The van der Waals surface area contributed by atoms with E-state index in [0.29, 0.717) is 0 Å². The van der Waals surface area contributed by atoms with Gasteiger partial charge in [0.2, 0.25) is 0 Å². The third-order valence-corrected chi connectivity index (χ3v) is 1.76. The molecule has 0 aromatic rings. The molecule has 0 amide bonds. The molecule has 1 aliphatic carbocycles. The molecule has 0 nitrogen and oxygen atoms in total. The quantitative estimate of drug-likeness (QED) is 0.500. The van der Waals surface area contributed by atoms with Crippen LogP contribution in [0.3, 0.4) is 0 Å². The lowest BCUT2D eigenvalue weighted by Crippen LogP contribution is -1.81. The van der Waals surface area contributed by atoms with Crippen LogP contribution >= 0.6 is 24.2 Å². The topological polar surface area (TPSA) is 0 Å². The fourth-order valence-corrected chi connectivity index (χ4v) is 0.945. The summed E-state index contributed by atoms with van der Waals surface area (Å²) >= 11 is 9.82. The number of hydrogen-bond donors (Lipinski definition) is 1. The second-order valence-corrected chi connectivity index (χ2v) is 2.83. The minimum atomic E-state index is 0.933. The minimum absolute atomic E-state index is 0.933. The third kappa shape index (κ3) is 1.57. The van der Waals surface area contributed by atoms with Crippen molar-refractivity contribution in [2.24, 2.45) is 0 Å². The molecule has 1 rings (SSSR count). The van der Waals surface area contributed by atoms with Crippen LogP contribution in [0.4, 0.5) is 0 Å². The maximum Gasteiger partial charge on any atom is 0.0184 e. The Morgan fingerprint density at radius 3 is 2.50 bits per heavy atom. The third-order valence-electron chi connectivity index (χ3n) is 1.08. The molecule has 0 aromatic carbocycles. The Hall–Kier alpha value is 0.120. The number of halogens is 1. The van der Waals surface area contributed by atoms with E-state index >= 15 is 0 Å². The van der Waals surface area contributed by atoms with Gasteiger partial charge in [-0.15, -0.1) is 12.6 Å². The van der Waals surface area contributed by atoms with Gasteiger partial charge in [-0.05, 0) is 23.8 Å². The van der Waals surface area contributed by atoms with Gasteiger partial charge in [-0.25, -0.2) is 0 Å². The minimum Gasteiger partial charge on any atom is -0.148 e. The van der Waals surface area contributed by atoms with Crippen molar-refractivity contribution < 1.29 is 0 Å². The van der Waals surface area contributed by atoms with Crippen LogP contribution in [-0.4, -0.2) is 0 Å². The summed E-state index contributed by atoms with van der Waals surface area (Å²) in [5.74, 6) is 0. The highest BCUT2D eigenvalue weighted by Crippen LogP contribution is 2.22. The van der Waals surface area contributed by atoms with Crippen molar-refractivity contribution in [2.45, 2.75) is 12.8 Å². The Labute approximate surface area is 59.6 Å². The Morgan fingerprint density at radius 2 is 2.12 bits per heavy atom.